The molecule has 0 aliphatic carbocycles. The molecule has 4 nitrogen and oxygen atoms in total. The highest BCUT2D eigenvalue weighted by Gasteiger charge is 2.23. The maximum absolute atomic E-state index is 10.8. The Balaban J connectivity index is 2.42. The van der Waals surface area contributed by atoms with Gasteiger partial charge in [0.25, 0.3) is 5.91 Å². The quantitative estimate of drug-likeness (QED) is 0.539. The van der Waals surface area contributed by atoms with Gasteiger partial charge >= 0.3 is 0 Å². The van der Waals surface area contributed by atoms with Gasteiger partial charge < -0.3 is 0 Å². The molecule has 0 aromatic rings. The van der Waals surface area contributed by atoms with E-state index in [1.54, 1.807) is 6.08 Å². The number of carbonyl (C=O) groups excluding carboxylic acids is 1. The van der Waals surface area contributed by atoms with Crippen molar-refractivity contribution in [2.75, 3.05) is 0 Å². The summed E-state index contributed by atoms with van der Waals surface area (Å²) in [7, 11) is 0. The molecular formula is C7H4ClN3O. The smallest absolute Gasteiger partial charge is 0.270 e. The van der Waals surface area contributed by atoms with E-state index in [4.69, 9.17) is 11.6 Å². The third kappa shape index (κ3) is 1.10. The minimum atomic E-state index is -0.366. The Morgan fingerprint density at radius 1 is 1.50 bits per heavy atom. The number of fused-ring (bicyclic) bond motifs is 1. The molecule has 2 rings (SSSR count). The van der Waals surface area contributed by atoms with Crippen LogP contribution in [0.5, 0.6) is 0 Å². The molecule has 0 N–H and O–H groups in total. The standard InChI is InChI=1S/C7H4ClN3O/c8-7-6-4(1-2-9-7)11-5(12)3-10-6/h1-3,6H. The van der Waals surface area contributed by atoms with Gasteiger partial charge in [0.2, 0.25) is 0 Å². The zero-order valence-corrected chi connectivity index (χ0v) is 6.69. The van der Waals surface area contributed by atoms with Gasteiger partial charge in [0.05, 0.1) is 11.9 Å². The molecule has 0 spiro atoms. The first-order valence-corrected chi connectivity index (χ1v) is 3.70. The molecule has 2 aliphatic heterocycles. The molecule has 1 atom stereocenters. The van der Waals surface area contributed by atoms with Crippen molar-refractivity contribution in [1.82, 2.24) is 0 Å². The largest absolute Gasteiger partial charge is 0.288 e. The summed E-state index contributed by atoms with van der Waals surface area (Å²) in [6, 6.07) is -0.366. The van der Waals surface area contributed by atoms with Crippen molar-refractivity contribution in [3.63, 3.8) is 0 Å². The number of hydrogen-bond acceptors (Lipinski definition) is 3. The second kappa shape index (κ2) is 2.64. The molecule has 2 aliphatic rings. The van der Waals surface area contributed by atoms with Gasteiger partial charge in [-0.1, -0.05) is 11.6 Å². The van der Waals surface area contributed by atoms with Gasteiger partial charge in [0, 0.05) is 6.20 Å². The highest BCUT2D eigenvalue weighted by molar-refractivity contribution is 6.69. The average molecular weight is 182 g/mol. The molecular weight excluding hydrogens is 178 g/mol. The summed E-state index contributed by atoms with van der Waals surface area (Å²) in [4.78, 5) is 22.2. The van der Waals surface area contributed by atoms with Crippen LogP contribution in [-0.4, -0.2) is 29.0 Å². The molecule has 0 saturated carbocycles. The third-order valence-electron chi connectivity index (χ3n) is 1.52. The van der Waals surface area contributed by atoms with Crippen LogP contribution >= 0.6 is 11.6 Å². The molecule has 60 valence electrons. The SMILES string of the molecule is O=C1C=NC2C(Cl)=NC=CC2=N1. The van der Waals surface area contributed by atoms with Crippen LogP contribution < -0.4 is 0 Å². The predicted molar refractivity (Wildman–Crippen MR) is 47.2 cm³/mol. The van der Waals surface area contributed by atoms with Gasteiger partial charge in [0.15, 0.2) is 0 Å². The number of nitrogens with zero attached hydrogens (tertiary/aromatic N) is 3. The molecule has 0 bridgehead atoms. The van der Waals surface area contributed by atoms with Crippen LogP contribution in [0.1, 0.15) is 0 Å². The lowest BCUT2D eigenvalue weighted by Crippen LogP contribution is -2.30. The van der Waals surface area contributed by atoms with E-state index in [9.17, 15) is 4.79 Å². The van der Waals surface area contributed by atoms with E-state index in [0.717, 1.165) is 6.21 Å². The summed E-state index contributed by atoms with van der Waals surface area (Å²) < 4.78 is 0. The Hall–Kier alpha value is -1.29. The third-order valence-corrected chi connectivity index (χ3v) is 1.83. The van der Waals surface area contributed by atoms with Crippen molar-refractivity contribution in [1.29, 1.82) is 0 Å². The molecule has 1 amide bonds. The van der Waals surface area contributed by atoms with Crippen LogP contribution in [-0.2, 0) is 4.79 Å². The zero-order chi connectivity index (χ0) is 8.55. The number of halogens is 1. The maximum Gasteiger partial charge on any atom is 0.288 e. The van der Waals surface area contributed by atoms with Crippen LogP contribution in [0.3, 0.4) is 0 Å². The highest BCUT2D eigenvalue weighted by atomic mass is 35.5. The molecule has 0 aromatic carbocycles. The van der Waals surface area contributed by atoms with E-state index in [1.165, 1.54) is 6.20 Å². The van der Waals surface area contributed by atoms with E-state index < -0.39 is 0 Å². The molecule has 0 fully saturated rings. The summed E-state index contributed by atoms with van der Waals surface area (Å²) in [6.07, 6.45) is 4.29. The van der Waals surface area contributed by atoms with E-state index in [0.29, 0.717) is 10.9 Å². The van der Waals surface area contributed by atoms with Crippen LogP contribution in [0.2, 0.25) is 0 Å². The van der Waals surface area contributed by atoms with E-state index in [2.05, 4.69) is 15.0 Å². The number of rotatable bonds is 0. The minimum Gasteiger partial charge on any atom is -0.270 e. The number of hydrogen-bond donors (Lipinski definition) is 0. The fourth-order valence-electron chi connectivity index (χ4n) is 0.999. The second-order valence-electron chi connectivity index (χ2n) is 2.32. The molecule has 1 unspecified atom stereocenters. The fourth-order valence-corrected chi connectivity index (χ4v) is 1.22. The molecule has 12 heavy (non-hydrogen) atoms. The van der Waals surface area contributed by atoms with Gasteiger partial charge in [-0.25, -0.2) is 9.98 Å². The van der Waals surface area contributed by atoms with Crippen molar-refractivity contribution >= 4 is 34.6 Å². The monoisotopic (exact) mass is 181 g/mol. The fraction of sp³-hybridized carbons (Fsp3) is 0.143. The Labute approximate surface area is 73.4 Å². The van der Waals surface area contributed by atoms with Crippen LogP contribution in [0, 0.1) is 0 Å². The van der Waals surface area contributed by atoms with Crippen molar-refractivity contribution in [3.8, 4) is 0 Å². The van der Waals surface area contributed by atoms with Crippen molar-refractivity contribution < 1.29 is 4.79 Å². The van der Waals surface area contributed by atoms with Gasteiger partial charge in [-0.15, -0.1) is 0 Å². The number of aliphatic imine (C=N–C) groups is 3. The summed E-state index contributed by atoms with van der Waals surface area (Å²) in [6.45, 7) is 0. The highest BCUT2D eigenvalue weighted by Crippen LogP contribution is 2.12. The van der Waals surface area contributed by atoms with Crippen LogP contribution in [0.4, 0.5) is 0 Å². The maximum atomic E-state index is 10.8. The summed E-state index contributed by atoms with van der Waals surface area (Å²) in [5.41, 5.74) is 0.558. The molecule has 5 heteroatoms. The van der Waals surface area contributed by atoms with Crippen molar-refractivity contribution in [2.24, 2.45) is 15.0 Å². The Kier molecular flexibility index (Phi) is 1.62. The lowest BCUT2D eigenvalue weighted by atomic mass is 10.1. The first-order valence-electron chi connectivity index (χ1n) is 3.33. The molecule has 0 radical (unpaired) electrons. The van der Waals surface area contributed by atoms with Crippen LogP contribution in [0.25, 0.3) is 0 Å². The zero-order valence-electron chi connectivity index (χ0n) is 5.94. The molecule has 0 aromatic heterocycles. The Bertz CT molecular complexity index is 354. The second-order valence-corrected chi connectivity index (χ2v) is 2.71. The van der Waals surface area contributed by atoms with E-state index in [-0.39, 0.29) is 11.9 Å². The average Bonchev–Trinajstić information content (AvgIpc) is 2.04. The van der Waals surface area contributed by atoms with Crippen molar-refractivity contribution in [2.45, 2.75) is 6.04 Å². The van der Waals surface area contributed by atoms with Gasteiger partial charge in [-0.2, -0.15) is 0 Å². The van der Waals surface area contributed by atoms with Gasteiger partial charge in [-0.3, -0.25) is 9.79 Å². The lowest BCUT2D eigenvalue weighted by Gasteiger charge is -2.15. The molecule has 2 heterocycles. The normalized spacial score (nSPS) is 26.4. The van der Waals surface area contributed by atoms with Gasteiger partial charge in [-0.05, 0) is 6.08 Å². The first kappa shape index (κ1) is 7.36. The summed E-state index contributed by atoms with van der Waals surface area (Å²) in [5.74, 6) is -0.350. The van der Waals surface area contributed by atoms with E-state index in [1.807, 2.05) is 0 Å². The van der Waals surface area contributed by atoms with Gasteiger partial charge in [0.1, 0.15) is 11.2 Å². The first-order chi connectivity index (χ1) is 5.77. The number of amides is 1. The Morgan fingerprint density at radius 2 is 2.33 bits per heavy atom. The van der Waals surface area contributed by atoms with Crippen LogP contribution in [0.15, 0.2) is 27.3 Å². The topological polar surface area (TPSA) is 54.1 Å². The Morgan fingerprint density at radius 3 is 3.17 bits per heavy atom. The van der Waals surface area contributed by atoms with Crippen molar-refractivity contribution in [3.05, 3.63) is 12.3 Å². The summed E-state index contributed by atoms with van der Waals surface area (Å²) in [5, 5.41) is 0.347. The molecule has 0 saturated heterocycles. The number of carbonyl (C=O) groups is 1. The minimum absolute atomic E-state index is 0.347. The predicted octanol–water partition coefficient (Wildman–Crippen LogP) is 0.572. The summed E-state index contributed by atoms with van der Waals surface area (Å²) >= 11 is 5.73. The lowest BCUT2D eigenvalue weighted by molar-refractivity contribution is -0.111. The van der Waals surface area contributed by atoms with E-state index >= 15 is 0 Å².